The van der Waals surface area contributed by atoms with Gasteiger partial charge in [0.25, 0.3) is 0 Å². The number of carbonyl (C=O) groups excluding carboxylic acids is 1. The van der Waals surface area contributed by atoms with Gasteiger partial charge in [-0.25, -0.2) is 4.79 Å². The third-order valence-electron chi connectivity index (χ3n) is 5.25. The van der Waals surface area contributed by atoms with E-state index in [0.717, 1.165) is 11.1 Å². The van der Waals surface area contributed by atoms with E-state index in [4.69, 9.17) is 14.2 Å². The predicted molar refractivity (Wildman–Crippen MR) is 115 cm³/mol. The van der Waals surface area contributed by atoms with Gasteiger partial charge in [0.05, 0.1) is 27.1 Å². The van der Waals surface area contributed by atoms with Gasteiger partial charge >= 0.3 is 13.6 Å². The lowest BCUT2D eigenvalue weighted by molar-refractivity contribution is 0.0531. The summed E-state index contributed by atoms with van der Waals surface area (Å²) in [5.74, 6) is 0.654. The molecule has 1 aromatic carbocycles. The SMILES string of the molecule is COc1c(C)c2c(c(OC(C)[Si](C)(C)C)c1C/C=C(\C)CP(=O)(O)O)C(=O)OC2. The van der Waals surface area contributed by atoms with E-state index in [2.05, 4.69) is 19.6 Å². The normalized spacial score (nSPS) is 15.8. The molecule has 0 bridgehead atoms. The van der Waals surface area contributed by atoms with E-state index in [1.807, 2.05) is 13.8 Å². The van der Waals surface area contributed by atoms with Gasteiger partial charge in [0.2, 0.25) is 0 Å². The molecule has 0 aromatic heterocycles. The smallest absolute Gasteiger partial charge is 0.342 e. The molecule has 0 saturated heterocycles. The number of esters is 1. The number of cyclic esters (lactones) is 1. The molecule has 1 aliphatic rings. The molecule has 9 heteroatoms. The van der Waals surface area contributed by atoms with Gasteiger partial charge in [0, 0.05) is 11.1 Å². The fourth-order valence-electron chi connectivity index (χ4n) is 3.16. The first-order chi connectivity index (χ1) is 13.3. The van der Waals surface area contributed by atoms with Crippen molar-refractivity contribution in [3.8, 4) is 11.5 Å². The summed E-state index contributed by atoms with van der Waals surface area (Å²) in [5, 5.41) is 0. The third-order valence-corrected chi connectivity index (χ3v) is 8.72. The Kier molecular flexibility index (Phi) is 7.05. The van der Waals surface area contributed by atoms with Gasteiger partial charge in [-0.05, 0) is 32.8 Å². The Hall–Kier alpha value is -1.60. The Bertz CT molecular complexity index is 880. The molecule has 0 aliphatic carbocycles. The molecule has 0 spiro atoms. The third kappa shape index (κ3) is 5.51. The Labute approximate surface area is 173 Å². The number of fused-ring (bicyclic) bond motifs is 1. The number of hydrogen-bond acceptors (Lipinski definition) is 5. The van der Waals surface area contributed by atoms with Crippen LogP contribution in [-0.4, -0.2) is 42.8 Å². The molecule has 1 aliphatic heterocycles. The van der Waals surface area contributed by atoms with Crippen molar-refractivity contribution in [1.82, 2.24) is 0 Å². The average Bonchev–Trinajstić information content (AvgIpc) is 2.95. The second kappa shape index (κ2) is 8.64. The van der Waals surface area contributed by atoms with Crippen molar-refractivity contribution in [2.45, 2.75) is 59.2 Å². The summed E-state index contributed by atoms with van der Waals surface area (Å²) < 4.78 is 28.6. The maximum Gasteiger partial charge on any atom is 0.342 e. The molecular formula is C20H31O7PSi. The Balaban J connectivity index is 2.62. The van der Waals surface area contributed by atoms with Crippen molar-refractivity contribution in [2.24, 2.45) is 0 Å². The van der Waals surface area contributed by atoms with Gasteiger partial charge in [0.1, 0.15) is 23.7 Å². The molecule has 7 nitrogen and oxygen atoms in total. The molecule has 0 saturated carbocycles. The second-order valence-corrected chi connectivity index (χ2v) is 15.8. The largest absolute Gasteiger partial charge is 0.496 e. The van der Waals surface area contributed by atoms with Crippen molar-refractivity contribution >= 4 is 21.6 Å². The van der Waals surface area contributed by atoms with Gasteiger partial charge in [-0.2, -0.15) is 0 Å². The number of methoxy groups -OCH3 is 1. The summed E-state index contributed by atoms with van der Waals surface area (Å²) in [4.78, 5) is 30.9. The van der Waals surface area contributed by atoms with E-state index in [0.29, 0.717) is 34.6 Å². The summed E-state index contributed by atoms with van der Waals surface area (Å²) in [6.07, 6.45) is 1.75. The molecule has 1 heterocycles. The highest BCUT2D eigenvalue weighted by Crippen LogP contribution is 2.44. The molecule has 1 aromatic rings. The molecule has 0 amide bonds. The zero-order valence-corrected chi connectivity index (χ0v) is 20.1. The Morgan fingerprint density at radius 2 is 1.93 bits per heavy atom. The van der Waals surface area contributed by atoms with E-state index in [9.17, 15) is 19.1 Å². The van der Waals surface area contributed by atoms with Crippen molar-refractivity contribution in [2.75, 3.05) is 13.3 Å². The summed E-state index contributed by atoms with van der Waals surface area (Å²) in [7, 11) is -4.26. The van der Waals surface area contributed by atoms with Crippen molar-refractivity contribution in [3.05, 3.63) is 33.9 Å². The highest BCUT2D eigenvalue weighted by atomic mass is 31.2. The van der Waals surface area contributed by atoms with Gasteiger partial charge < -0.3 is 24.0 Å². The summed E-state index contributed by atoms with van der Waals surface area (Å²) in [6.45, 7) is 12.3. The maximum atomic E-state index is 12.5. The number of allylic oxidation sites excluding steroid dienone is 2. The summed E-state index contributed by atoms with van der Waals surface area (Å²) in [5.41, 5.74) is 3.21. The van der Waals surface area contributed by atoms with E-state index >= 15 is 0 Å². The van der Waals surface area contributed by atoms with Crippen LogP contribution in [0.2, 0.25) is 19.6 Å². The highest BCUT2D eigenvalue weighted by Gasteiger charge is 2.35. The molecule has 2 N–H and O–H groups in total. The summed E-state index contributed by atoms with van der Waals surface area (Å²) >= 11 is 0. The lowest BCUT2D eigenvalue weighted by Gasteiger charge is -2.29. The molecule has 29 heavy (non-hydrogen) atoms. The van der Waals surface area contributed by atoms with Crippen LogP contribution in [0.15, 0.2) is 11.6 Å². The number of ether oxygens (including phenoxy) is 3. The number of hydrogen-bond donors (Lipinski definition) is 2. The molecule has 1 unspecified atom stereocenters. The first-order valence-electron chi connectivity index (χ1n) is 9.52. The number of rotatable bonds is 8. The molecule has 0 fully saturated rings. The molecule has 162 valence electrons. The van der Waals surface area contributed by atoms with Crippen LogP contribution in [0, 0.1) is 6.92 Å². The van der Waals surface area contributed by atoms with E-state index in [-0.39, 0.29) is 18.5 Å². The Morgan fingerprint density at radius 3 is 2.45 bits per heavy atom. The van der Waals surface area contributed by atoms with E-state index in [1.165, 1.54) is 0 Å². The fourth-order valence-corrected chi connectivity index (χ4v) is 4.41. The minimum absolute atomic E-state index is 0.0636. The first-order valence-corrected chi connectivity index (χ1v) is 14.9. The fraction of sp³-hybridized carbons (Fsp3) is 0.550. The number of benzene rings is 1. The van der Waals surface area contributed by atoms with Gasteiger partial charge in [0.15, 0.2) is 0 Å². The van der Waals surface area contributed by atoms with Crippen molar-refractivity contribution in [1.29, 1.82) is 0 Å². The van der Waals surface area contributed by atoms with E-state index < -0.39 is 21.6 Å². The predicted octanol–water partition coefficient (Wildman–Crippen LogP) is 3.99. The van der Waals surface area contributed by atoms with Crippen molar-refractivity contribution in [3.63, 3.8) is 0 Å². The van der Waals surface area contributed by atoms with Crippen LogP contribution < -0.4 is 9.47 Å². The first kappa shape index (κ1) is 23.7. The second-order valence-electron chi connectivity index (χ2n) is 8.60. The van der Waals surface area contributed by atoms with Crippen LogP contribution in [0.25, 0.3) is 0 Å². The van der Waals surface area contributed by atoms with Crippen LogP contribution in [0.1, 0.15) is 40.9 Å². The summed E-state index contributed by atoms with van der Waals surface area (Å²) in [6, 6.07) is 0. The van der Waals surface area contributed by atoms with Crippen LogP contribution in [0.4, 0.5) is 0 Å². The zero-order valence-electron chi connectivity index (χ0n) is 18.2. The van der Waals surface area contributed by atoms with Crippen LogP contribution in [-0.2, 0) is 22.3 Å². The topological polar surface area (TPSA) is 102 Å². The van der Waals surface area contributed by atoms with Gasteiger partial charge in [-0.15, -0.1) is 0 Å². The Morgan fingerprint density at radius 1 is 1.31 bits per heavy atom. The van der Waals surface area contributed by atoms with E-state index in [1.54, 1.807) is 20.1 Å². The molecule has 1 atom stereocenters. The highest BCUT2D eigenvalue weighted by molar-refractivity contribution is 7.52. The lowest BCUT2D eigenvalue weighted by atomic mass is 9.95. The minimum Gasteiger partial charge on any atom is -0.496 e. The number of carbonyl (C=O) groups is 1. The monoisotopic (exact) mass is 442 g/mol. The molecule has 2 rings (SSSR count). The van der Waals surface area contributed by atoms with Crippen LogP contribution in [0.5, 0.6) is 11.5 Å². The van der Waals surface area contributed by atoms with Crippen LogP contribution in [0.3, 0.4) is 0 Å². The quantitative estimate of drug-likeness (QED) is 0.272. The zero-order chi connectivity index (χ0) is 22.1. The molecule has 0 radical (unpaired) electrons. The van der Waals surface area contributed by atoms with Gasteiger partial charge in [-0.3, -0.25) is 4.57 Å². The standard InChI is InChI=1S/C20H31O7PSi/c1-12(11-28(22,23)24)8-9-15-18(25-4)13(2)16-10-26-20(21)17(16)19(15)27-14(3)29(5,6)7/h8,14H,9-11H2,1-7H3,(H2,22,23,24)/b12-8+. The van der Waals surface area contributed by atoms with Crippen LogP contribution >= 0.6 is 7.60 Å². The maximum absolute atomic E-state index is 12.5. The van der Waals surface area contributed by atoms with Crippen molar-refractivity contribution < 1.29 is 33.4 Å². The van der Waals surface area contributed by atoms with Gasteiger partial charge in [-0.1, -0.05) is 31.3 Å². The lowest BCUT2D eigenvalue weighted by Crippen LogP contribution is -2.40. The molecular weight excluding hydrogens is 411 g/mol. The minimum atomic E-state index is -4.15. The average molecular weight is 443 g/mol.